The number of anilines is 1. The summed E-state index contributed by atoms with van der Waals surface area (Å²) in [5.74, 6) is -1.70. The fraction of sp³-hybridized carbons (Fsp3) is 0.158. The molecule has 10 nitrogen and oxygen atoms in total. The predicted molar refractivity (Wildman–Crippen MR) is 118 cm³/mol. The predicted octanol–water partition coefficient (Wildman–Crippen LogP) is 3.89. The molecule has 3 heterocycles. The van der Waals surface area contributed by atoms with Crippen molar-refractivity contribution in [3.8, 4) is 23.0 Å². The van der Waals surface area contributed by atoms with E-state index in [4.69, 9.17) is 32.8 Å². The Bertz CT molecular complexity index is 1500. The van der Waals surface area contributed by atoms with Crippen LogP contribution in [-0.4, -0.2) is 45.3 Å². The van der Waals surface area contributed by atoms with Gasteiger partial charge in [-0.1, -0.05) is 28.4 Å². The number of nitrogens with one attached hydrogen (secondary N) is 1. The number of pyridine rings is 1. The fourth-order valence-corrected chi connectivity index (χ4v) is 4.13. The second-order valence-corrected chi connectivity index (χ2v) is 9.61. The third-order valence-corrected chi connectivity index (χ3v) is 5.64. The summed E-state index contributed by atoms with van der Waals surface area (Å²) in [6, 6.07) is 3.84. The molecule has 172 valence electrons. The van der Waals surface area contributed by atoms with Crippen molar-refractivity contribution in [2.24, 2.45) is 0 Å². The highest BCUT2D eigenvalue weighted by molar-refractivity contribution is 7.92. The van der Waals surface area contributed by atoms with Gasteiger partial charge in [0, 0.05) is 24.4 Å². The molecule has 0 unspecified atom stereocenters. The van der Waals surface area contributed by atoms with Crippen molar-refractivity contribution in [3.05, 3.63) is 52.0 Å². The van der Waals surface area contributed by atoms with E-state index in [1.807, 2.05) is 0 Å². The monoisotopic (exact) mass is 513 g/mol. The van der Waals surface area contributed by atoms with Crippen molar-refractivity contribution in [1.82, 2.24) is 19.5 Å². The molecule has 0 saturated carbocycles. The Labute approximate surface area is 196 Å². The van der Waals surface area contributed by atoms with E-state index in [0.717, 1.165) is 12.3 Å². The summed E-state index contributed by atoms with van der Waals surface area (Å²) in [5.41, 5.74) is 1.10. The highest BCUT2D eigenvalue weighted by Gasteiger charge is 2.19. The molecule has 0 atom stereocenters. The van der Waals surface area contributed by atoms with Gasteiger partial charge < -0.3 is 14.0 Å². The van der Waals surface area contributed by atoms with E-state index in [2.05, 4.69) is 19.8 Å². The maximum Gasteiger partial charge on any atom is 0.303 e. The number of halogens is 3. The number of aryl methyl sites for hydroxylation is 1. The van der Waals surface area contributed by atoms with E-state index in [9.17, 15) is 17.6 Å². The van der Waals surface area contributed by atoms with Crippen LogP contribution in [0, 0.1) is 5.82 Å². The van der Waals surface area contributed by atoms with E-state index in [1.54, 1.807) is 0 Å². The standard InChI is InChI=1S/C19H14Cl2FN5O5S/c1-33(30,31)26-10-5-13(21)18-23-15(8-27(18)7-10)19-24-17(25-32-19)11-6-14(22)9(4-12(11)20)2-3-16(28)29/h4-8,26H,2-3H2,1H3,(H,28,29). The van der Waals surface area contributed by atoms with E-state index >= 15 is 0 Å². The molecule has 3 aromatic heterocycles. The first-order valence-corrected chi connectivity index (χ1v) is 11.8. The molecule has 0 fully saturated rings. The average Bonchev–Trinajstić information content (AvgIpc) is 3.34. The van der Waals surface area contributed by atoms with Gasteiger partial charge in [0.05, 0.1) is 22.0 Å². The van der Waals surface area contributed by atoms with Gasteiger partial charge in [0.15, 0.2) is 5.65 Å². The number of benzene rings is 1. The Balaban J connectivity index is 1.66. The maximum absolute atomic E-state index is 14.4. The van der Waals surface area contributed by atoms with Crippen LogP contribution in [0.15, 0.2) is 35.1 Å². The Kier molecular flexibility index (Phi) is 5.99. The smallest absolute Gasteiger partial charge is 0.303 e. The van der Waals surface area contributed by atoms with Crippen LogP contribution < -0.4 is 4.72 Å². The number of rotatable bonds is 7. The van der Waals surface area contributed by atoms with E-state index in [-0.39, 0.29) is 57.1 Å². The second-order valence-electron chi connectivity index (χ2n) is 7.05. The van der Waals surface area contributed by atoms with E-state index in [1.165, 1.54) is 28.9 Å². The molecular formula is C19H14Cl2FN5O5S. The first kappa shape index (κ1) is 23.0. The van der Waals surface area contributed by atoms with Gasteiger partial charge in [-0.3, -0.25) is 9.52 Å². The van der Waals surface area contributed by atoms with Crippen LogP contribution in [0.25, 0.3) is 28.6 Å². The molecule has 0 aliphatic carbocycles. The molecule has 1 aromatic carbocycles. The largest absolute Gasteiger partial charge is 0.481 e. The number of imidazole rings is 1. The Morgan fingerprint density at radius 1 is 1.21 bits per heavy atom. The number of aromatic nitrogens is 4. The van der Waals surface area contributed by atoms with Crippen LogP contribution in [0.4, 0.5) is 10.1 Å². The minimum absolute atomic E-state index is 0.00118. The van der Waals surface area contributed by atoms with Crippen LogP contribution >= 0.6 is 23.2 Å². The summed E-state index contributed by atoms with van der Waals surface area (Å²) in [5, 5.41) is 12.9. The second kappa shape index (κ2) is 8.61. The summed E-state index contributed by atoms with van der Waals surface area (Å²) >= 11 is 12.4. The van der Waals surface area contributed by atoms with Gasteiger partial charge in [-0.2, -0.15) is 4.98 Å². The van der Waals surface area contributed by atoms with Gasteiger partial charge in [-0.15, -0.1) is 0 Å². The molecule has 0 spiro atoms. The van der Waals surface area contributed by atoms with Crippen LogP contribution in [-0.2, 0) is 21.2 Å². The molecule has 0 radical (unpaired) electrons. The van der Waals surface area contributed by atoms with Crippen LogP contribution in [0.2, 0.25) is 10.0 Å². The highest BCUT2D eigenvalue weighted by atomic mass is 35.5. The topological polar surface area (TPSA) is 140 Å². The van der Waals surface area contributed by atoms with E-state index < -0.39 is 21.8 Å². The Morgan fingerprint density at radius 2 is 1.97 bits per heavy atom. The van der Waals surface area contributed by atoms with Crippen LogP contribution in [0.5, 0.6) is 0 Å². The maximum atomic E-state index is 14.4. The fourth-order valence-electron chi connectivity index (χ4n) is 3.06. The van der Waals surface area contributed by atoms with Crippen LogP contribution in [0.1, 0.15) is 12.0 Å². The lowest BCUT2D eigenvalue weighted by Gasteiger charge is -2.05. The molecule has 0 saturated heterocycles. The third-order valence-electron chi connectivity index (χ3n) is 4.44. The number of aliphatic carboxylic acids is 1. The molecule has 0 aliphatic heterocycles. The van der Waals surface area contributed by atoms with Crippen molar-refractivity contribution in [1.29, 1.82) is 0 Å². The molecule has 4 rings (SSSR count). The van der Waals surface area contributed by atoms with Gasteiger partial charge in [-0.25, -0.2) is 17.8 Å². The third kappa shape index (κ3) is 5.07. The normalized spacial score (nSPS) is 11.8. The number of sulfonamides is 1. The molecule has 0 amide bonds. The van der Waals surface area contributed by atoms with Crippen molar-refractivity contribution >= 4 is 50.5 Å². The molecule has 14 heteroatoms. The number of carboxylic acid groups (broad SMARTS) is 1. The zero-order valence-corrected chi connectivity index (χ0v) is 19.0. The van der Waals surface area contributed by atoms with Gasteiger partial charge >= 0.3 is 5.97 Å². The number of nitrogens with zero attached hydrogens (tertiary/aromatic N) is 4. The molecule has 4 aromatic rings. The van der Waals surface area contributed by atoms with Gasteiger partial charge in [0.2, 0.25) is 15.8 Å². The minimum atomic E-state index is -3.51. The minimum Gasteiger partial charge on any atom is -0.481 e. The van der Waals surface area contributed by atoms with Crippen molar-refractivity contribution < 1.29 is 27.2 Å². The SMILES string of the molecule is CS(=O)(=O)Nc1cc(Cl)c2nc(-c3nc(-c4cc(F)c(CCC(=O)O)cc4Cl)no3)cn2c1. The first-order valence-electron chi connectivity index (χ1n) is 9.20. The molecule has 0 bridgehead atoms. The molecule has 2 N–H and O–H groups in total. The van der Waals surface area contributed by atoms with Gasteiger partial charge in [-0.05, 0) is 30.2 Å². The lowest BCUT2D eigenvalue weighted by atomic mass is 10.1. The van der Waals surface area contributed by atoms with Gasteiger partial charge in [0.25, 0.3) is 5.89 Å². The van der Waals surface area contributed by atoms with Crippen molar-refractivity contribution in [2.75, 3.05) is 11.0 Å². The molecule has 33 heavy (non-hydrogen) atoms. The van der Waals surface area contributed by atoms with Gasteiger partial charge in [0.1, 0.15) is 11.5 Å². The summed E-state index contributed by atoms with van der Waals surface area (Å²) in [6.07, 6.45) is 3.73. The summed E-state index contributed by atoms with van der Waals surface area (Å²) in [4.78, 5) is 19.3. The van der Waals surface area contributed by atoms with Crippen molar-refractivity contribution in [3.63, 3.8) is 0 Å². The molecule has 0 aliphatic rings. The van der Waals surface area contributed by atoms with E-state index in [0.29, 0.717) is 5.65 Å². The summed E-state index contributed by atoms with van der Waals surface area (Å²) in [7, 11) is -3.51. The van der Waals surface area contributed by atoms with Crippen LogP contribution in [0.3, 0.4) is 0 Å². The quantitative estimate of drug-likeness (QED) is 0.379. The first-order chi connectivity index (χ1) is 15.5. The summed E-state index contributed by atoms with van der Waals surface area (Å²) < 4.78 is 46.4. The number of hydrogen-bond donors (Lipinski definition) is 2. The van der Waals surface area contributed by atoms with Crippen molar-refractivity contribution in [2.45, 2.75) is 12.8 Å². The number of hydrogen-bond acceptors (Lipinski definition) is 7. The zero-order valence-electron chi connectivity index (χ0n) is 16.7. The number of fused-ring (bicyclic) bond motifs is 1. The number of carbonyl (C=O) groups is 1. The Morgan fingerprint density at radius 3 is 2.67 bits per heavy atom. The molecular weight excluding hydrogens is 500 g/mol. The highest BCUT2D eigenvalue weighted by Crippen LogP contribution is 2.31. The number of carboxylic acids is 1. The Hall–Kier alpha value is -3.22. The summed E-state index contributed by atoms with van der Waals surface area (Å²) in [6.45, 7) is 0. The lowest BCUT2D eigenvalue weighted by molar-refractivity contribution is -0.136. The average molecular weight is 514 g/mol. The zero-order chi connectivity index (χ0) is 23.9. The lowest BCUT2D eigenvalue weighted by Crippen LogP contribution is -2.10.